The van der Waals surface area contributed by atoms with Crippen LogP contribution in [0.1, 0.15) is 13.3 Å². The van der Waals surface area contributed by atoms with Crippen LogP contribution in [0, 0.1) is 0 Å². The van der Waals surface area contributed by atoms with Crippen molar-refractivity contribution in [2.45, 2.75) is 19.1 Å². The molecule has 9 heavy (non-hydrogen) atoms. The standard InChI is InChI=1S/C6H12O2S/c1-6(7)5-9-4-2-3-8-6/h7H,2-5H2,1H3. The van der Waals surface area contributed by atoms with Crippen molar-refractivity contribution in [3.63, 3.8) is 0 Å². The van der Waals surface area contributed by atoms with Crippen molar-refractivity contribution in [1.29, 1.82) is 0 Å². The van der Waals surface area contributed by atoms with E-state index in [2.05, 4.69) is 0 Å². The summed E-state index contributed by atoms with van der Waals surface area (Å²) >= 11 is 1.75. The van der Waals surface area contributed by atoms with Crippen LogP contribution < -0.4 is 0 Å². The summed E-state index contributed by atoms with van der Waals surface area (Å²) in [5.74, 6) is 0.935. The molecule has 1 heterocycles. The van der Waals surface area contributed by atoms with Crippen molar-refractivity contribution in [1.82, 2.24) is 0 Å². The predicted octanol–water partition coefficient (Wildman–Crippen LogP) is 0.848. The molecule has 0 aromatic rings. The van der Waals surface area contributed by atoms with Gasteiger partial charge in [-0.1, -0.05) is 0 Å². The molecule has 1 rings (SSSR count). The Labute approximate surface area is 59.6 Å². The Balaban J connectivity index is 2.36. The highest BCUT2D eigenvalue weighted by molar-refractivity contribution is 7.99. The fourth-order valence-electron chi connectivity index (χ4n) is 0.756. The summed E-state index contributed by atoms with van der Waals surface area (Å²) in [5.41, 5.74) is 0. The minimum absolute atomic E-state index is 0.694. The number of aliphatic hydroxyl groups is 1. The first kappa shape index (κ1) is 7.38. The second kappa shape index (κ2) is 2.90. The van der Waals surface area contributed by atoms with Crippen LogP contribution in [0.4, 0.5) is 0 Å². The van der Waals surface area contributed by atoms with Crippen molar-refractivity contribution in [2.24, 2.45) is 0 Å². The Bertz CT molecular complexity index is 83.1. The molecule has 1 unspecified atom stereocenters. The van der Waals surface area contributed by atoms with Crippen molar-refractivity contribution in [3.05, 3.63) is 0 Å². The van der Waals surface area contributed by atoms with Gasteiger partial charge < -0.3 is 9.84 Å². The maximum Gasteiger partial charge on any atom is 0.171 e. The van der Waals surface area contributed by atoms with E-state index in [-0.39, 0.29) is 0 Å². The third kappa shape index (κ3) is 2.56. The van der Waals surface area contributed by atoms with Crippen LogP contribution in [0.5, 0.6) is 0 Å². The van der Waals surface area contributed by atoms with Gasteiger partial charge in [0, 0.05) is 5.75 Å². The molecule has 0 aromatic heterocycles. The van der Waals surface area contributed by atoms with Gasteiger partial charge in [-0.15, -0.1) is 0 Å². The van der Waals surface area contributed by atoms with E-state index < -0.39 is 5.79 Å². The maximum absolute atomic E-state index is 9.31. The largest absolute Gasteiger partial charge is 0.365 e. The summed E-state index contributed by atoms with van der Waals surface area (Å²) < 4.78 is 5.12. The molecule has 0 aromatic carbocycles. The van der Waals surface area contributed by atoms with Gasteiger partial charge >= 0.3 is 0 Å². The topological polar surface area (TPSA) is 29.5 Å². The minimum Gasteiger partial charge on any atom is -0.365 e. The van der Waals surface area contributed by atoms with Gasteiger partial charge in [-0.2, -0.15) is 11.8 Å². The van der Waals surface area contributed by atoms with E-state index in [1.54, 1.807) is 18.7 Å². The Morgan fingerprint density at radius 1 is 1.67 bits per heavy atom. The van der Waals surface area contributed by atoms with Gasteiger partial charge in [-0.3, -0.25) is 0 Å². The van der Waals surface area contributed by atoms with Gasteiger partial charge in [0.05, 0.1) is 6.61 Å². The van der Waals surface area contributed by atoms with Gasteiger partial charge in [-0.25, -0.2) is 0 Å². The molecule has 0 aliphatic carbocycles. The smallest absolute Gasteiger partial charge is 0.171 e. The summed E-state index contributed by atoms with van der Waals surface area (Å²) in [4.78, 5) is 0. The van der Waals surface area contributed by atoms with Crippen LogP contribution in [0.15, 0.2) is 0 Å². The summed E-state index contributed by atoms with van der Waals surface area (Å²) in [5, 5.41) is 9.31. The molecule has 0 bridgehead atoms. The SMILES string of the molecule is CC1(O)CSCCCO1. The van der Waals surface area contributed by atoms with E-state index in [0.717, 1.165) is 12.2 Å². The molecular formula is C6H12O2S. The van der Waals surface area contributed by atoms with E-state index in [9.17, 15) is 5.11 Å². The van der Waals surface area contributed by atoms with E-state index >= 15 is 0 Å². The number of rotatable bonds is 0. The number of thioether (sulfide) groups is 1. The predicted molar refractivity (Wildman–Crippen MR) is 38.5 cm³/mol. The first-order chi connectivity index (χ1) is 4.21. The lowest BCUT2D eigenvalue weighted by molar-refractivity contribution is -0.169. The zero-order valence-electron chi connectivity index (χ0n) is 5.59. The van der Waals surface area contributed by atoms with E-state index in [1.807, 2.05) is 0 Å². The number of hydrogen-bond acceptors (Lipinski definition) is 3. The Morgan fingerprint density at radius 2 is 2.44 bits per heavy atom. The molecule has 0 spiro atoms. The first-order valence-corrected chi connectivity index (χ1v) is 4.30. The molecule has 1 atom stereocenters. The zero-order chi connectivity index (χ0) is 6.74. The molecule has 2 nitrogen and oxygen atoms in total. The minimum atomic E-state index is -0.874. The second-order valence-electron chi connectivity index (χ2n) is 2.43. The molecule has 0 amide bonds. The molecule has 0 saturated carbocycles. The van der Waals surface area contributed by atoms with Crippen molar-refractivity contribution >= 4 is 11.8 Å². The van der Waals surface area contributed by atoms with E-state index in [1.165, 1.54) is 0 Å². The molecule has 0 radical (unpaired) electrons. The van der Waals surface area contributed by atoms with Crippen LogP contribution in [0.25, 0.3) is 0 Å². The van der Waals surface area contributed by atoms with Crippen LogP contribution >= 0.6 is 11.8 Å². The Kier molecular flexibility index (Phi) is 2.38. The van der Waals surface area contributed by atoms with Gasteiger partial charge in [0.25, 0.3) is 0 Å². The lowest BCUT2D eigenvalue weighted by Gasteiger charge is -2.19. The lowest BCUT2D eigenvalue weighted by atomic mass is 10.4. The van der Waals surface area contributed by atoms with Crippen LogP contribution in [-0.2, 0) is 4.74 Å². The van der Waals surface area contributed by atoms with Crippen molar-refractivity contribution in [2.75, 3.05) is 18.1 Å². The molecule has 1 aliphatic rings. The fraction of sp³-hybridized carbons (Fsp3) is 1.00. The van der Waals surface area contributed by atoms with Crippen LogP contribution in [0.3, 0.4) is 0 Å². The fourth-order valence-corrected chi connectivity index (χ4v) is 1.68. The summed E-state index contributed by atoms with van der Waals surface area (Å²) in [6.07, 6.45) is 1.06. The molecular weight excluding hydrogens is 136 g/mol. The number of ether oxygens (including phenoxy) is 1. The summed E-state index contributed by atoms with van der Waals surface area (Å²) in [6.45, 7) is 2.41. The monoisotopic (exact) mass is 148 g/mol. The summed E-state index contributed by atoms with van der Waals surface area (Å²) in [7, 11) is 0. The third-order valence-electron chi connectivity index (χ3n) is 1.22. The highest BCUT2D eigenvalue weighted by Crippen LogP contribution is 2.19. The van der Waals surface area contributed by atoms with Crippen LogP contribution in [-0.4, -0.2) is 29.0 Å². The first-order valence-electron chi connectivity index (χ1n) is 3.15. The normalized spacial score (nSPS) is 38.0. The lowest BCUT2D eigenvalue weighted by Crippen LogP contribution is -2.30. The second-order valence-corrected chi connectivity index (χ2v) is 3.53. The van der Waals surface area contributed by atoms with Gasteiger partial charge in [0.2, 0.25) is 0 Å². The van der Waals surface area contributed by atoms with Gasteiger partial charge in [0.1, 0.15) is 0 Å². The third-order valence-corrected chi connectivity index (χ3v) is 2.53. The van der Waals surface area contributed by atoms with Gasteiger partial charge in [0.15, 0.2) is 5.79 Å². The Hall–Kier alpha value is 0.270. The highest BCUT2D eigenvalue weighted by Gasteiger charge is 2.22. The van der Waals surface area contributed by atoms with Crippen molar-refractivity contribution in [3.8, 4) is 0 Å². The average molecular weight is 148 g/mol. The molecule has 1 saturated heterocycles. The molecule has 3 heteroatoms. The van der Waals surface area contributed by atoms with Crippen LogP contribution in [0.2, 0.25) is 0 Å². The maximum atomic E-state index is 9.31. The zero-order valence-corrected chi connectivity index (χ0v) is 6.41. The van der Waals surface area contributed by atoms with E-state index in [0.29, 0.717) is 12.4 Å². The summed E-state index contributed by atoms with van der Waals surface area (Å²) in [6, 6.07) is 0. The number of hydrogen-bond donors (Lipinski definition) is 1. The molecule has 1 aliphatic heterocycles. The molecule has 1 N–H and O–H groups in total. The molecule has 54 valence electrons. The average Bonchev–Trinajstić information content (AvgIpc) is 1.92. The van der Waals surface area contributed by atoms with Gasteiger partial charge in [-0.05, 0) is 19.1 Å². The Morgan fingerprint density at radius 3 is 3.22 bits per heavy atom. The quantitative estimate of drug-likeness (QED) is 0.552. The molecule has 1 fully saturated rings. The van der Waals surface area contributed by atoms with Crippen molar-refractivity contribution < 1.29 is 9.84 Å². The van der Waals surface area contributed by atoms with E-state index in [4.69, 9.17) is 4.74 Å². The highest BCUT2D eigenvalue weighted by atomic mass is 32.2.